The lowest BCUT2D eigenvalue weighted by Crippen LogP contribution is -2.27. The average molecular weight is 274 g/mol. The predicted octanol–water partition coefficient (Wildman–Crippen LogP) is 3.48. The van der Waals surface area contributed by atoms with E-state index >= 15 is 0 Å². The van der Waals surface area contributed by atoms with Gasteiger partial charge >= 0.3 is 0 Å². The van der Waals surface area contributed by atoms with Crippen molar-refractivity contribution >= 4 is 12.4 Å². The highest BCUT2D eigenvalue weighted by Gasteiger charge is 2.28. The minimum absolute atomic E-state index is 0. The second kappa shape index (κ2) is 6.30. The first-order valence-electron chi connectivity index (χ1n) is 5.79. The van der Waals surface area contributed by atoms with Gasteiger partial charge in [-0.1, -0.05) is 20.8 Å². The van der Waals surface area contributed by atoms with E-state index in [0.29, 0.717) is 0 Å². The van der Waals surface area contributed by atoms with Gasteiger partial charge in [-0.05, 0) is 30.0 Å². The van der Waals surface area contributed by atoms with E-state index in [1.165, 1.54) is 0 Å². The van der Waals surface area contributed by atoms with Gasteiger partial charge in [0, 0.05) is 6.04 Å². The van der Waals surface area contributed by atoms with Crippen molar-refractivity contribution in [1.82, 2.24) is 0 Å². The normalized spacial score (nSPS) is 12.6. The van der Waals surface area contributed by atoms with E-state index < -0.39 is 0 Å². The summed E-state index contributed by atoms with van der Waals surface area (Å²) in [6.45, 7) is 8.33. The second-order valence-corrected chi connectivity index (χ2v) is 5.43. The molecule has 0 amide bonds. The zero-order valence-electron chi connectivity index (χ0n) is 12.0. The summed E-state index contributed by atoms with van der Waals surface area (Å²) in [5, 5.41) is 0. The van der Waals surface area contributed by atoms with E-state index in [-0.39, 0.29) is 23.9 Å². The molecule has 4 heteroatoms. The molecule has 0 heterocycles. The minimum Gasteiger partial charge on any atom is -0.496 e. The number of aryl methyl sites for hydroxylation is 1. The van der Waals surface area contributed by atoms with Crippen LogP contribution < -0.4 is 15.2 Å². The van der Waals surface area contributed by atoms with Crippen molar-refractivity contribution in [1.29, 1.82) is 0 Å². The van der Waals surface area contributed by atoms with Gasteiger partial charge in [-0.25, -0.2) is 0 Å². The van der Waals surface area contributed by atoms with Crippen molar-refractivity contribution in [3.63, 3.8) is 0 Å². The molecule has 0 aliphatic heterocycles. The van der Waals surface area contributed by atoms with E-state index in [9.17, 15) is 0 Å². The molecule has 0 bridgehead atoms. The molecule has 1 aromatic rings. The Morgan fingerprint density at radius 1 is 1.06 bits per heavy atom. The van der Waals surface area contributed by atoms with Gasteiger partial charge in [-0.2, -0.15) is 0 Å². The zero-order valence-corrected chi connectivity index (χ0v) is 12.9. The van der Waals surface area contributed by atoms with Crippen molar-refractivity contribution in [2.24, 2.45) is 11.1 Å². The van der Waals surface area contributed by atoms with E-state index in [4.69, 9.17) is 15.2 Å². The minimum atomic E-state index is -0.131. The van der Waals surface area contributed by atoms with Gasteiger partial charge < -0.3 is 15.2 Å². The lowest BCUT2D eigenvalue weighted by atomic mass is 9.82. The van der Waals surface area contributed by atoms with Crippen LogP contribution in [0.15, 0.2) is 12.1 Å². The second-order valence-electron chi connectivity index (χ2n) is 5.43. The molecule has 3 nitrogen and oxygen atoms in total. The van der Waals surface area contributed by atoms with Gasteiger partial charge in [0.1, 0.15) is 11.5 Å². The molecule has 0 fully saturated rings. The molecule has 0 saturated carbocycles. The SMILES string of the molecule is COc1cc(C)cc(OC)c1[C@@H](N)C(C)(C)C.Cl. The molecular weight excluding hydrogens is 250 g/mol. The summed E-state index contributed by atoms with van der Waals surface area (Å²) in [5.41, 5.74) is 8.31. The van der Waals surface area contributed by atoms with Crippen molar-refractivity contribution in [3.8, 4) is 11.5 Å². The first kappa shape index (κ1) is 17.1. The van der Waals surface area contributed by atoms with Crippen LogP contribution in [0.1, 0.15) is 37.9 Å². The van der Waals surface area contributed by atoms with Crippen molar-refractivity contribution < 1.29 is 9.47 Å². The molecule has 1 rings (SSSR count). The molecular formula is C14H24ClNO2. The van der Waals surface area contributed by atoms with Crippen LogP contribution in [-0.2, 0) is 0 Å². The monoisotopic (exact) mass is 273 g/mol. The van der Waals surface area contributed by atoms with Gasteiger partial charge in [-0.3, -0.25) is 0 Å². The van der Waals surface area contributed by atoms with Gasteiger partial charge in [0.2, 0.25) is 0 Å². The molecule has 0 radical (unpaired) electrons. The third-order valence-electron chi connectivity index (χ3n) is 2.93. The molecule has 1 aromatic carbocycles. The summed E-state index contributed by atoms with van der Waals surface area (Å²) in [7, 11) is 3.32. The lowest BCUT2D eigenvalue weighted by molar-refractivity contribution is 0.300. The molecule has 0 aromatic heterocycles. The number of benzene rings is 1. The highest BCUT2D eigenvalue weighted by molar-refractivity contribution is 5.85. The summed E-state index contributed by atoms with van der Waals surface area (Å²) in [4.78, 5) is 0. The Balaban J connectivity index is 0.00000289. The Morgan fingerprint density at radius 2 is 1.44 bits per heavy atom. The van der Waals surface area contributed by atoms with E-state index in [1.807, 2.05) is 19.1 Å². The summed E-state index contributed by atoms with van der Waals surface area (Å²) in [6.07, 6.45) is 0. The van der Waals surface area contributed by atoms with Crippen LogP contribution in [-0.4, -0.2) is 14.2 Å². The standard InChI is InChI=1S/C14H23NO2.ClH/c1-9-7-10(16-5)12(11(8-9)17-6)13(15)14(2,3)4;/h7-8,13H,15H2,1-6H3;1H/t13-;/m1./s1. The molecule has 0 aliphatic rings. The molecule has 0 saturated heterocycles. The van der Waals surface area contributed by atoms with Crippen LogP contribution in [0.3, 0.4) is 0 Å². The number of ether oxygens (including phenoxy) is 2. The summed E-state index contributed by atoms with van der Waals surface area (Å²) in [5.74, 6) is 1.59. The molecule has 18 heavy (non-hydrogen) atoms. The summed E-state index contributed by atoms with van der Waals surface area (Å²) in [6, 6.07) is 3.85. The van der Waals surface area contributed by atoms with Crippen LogP contribution in [0.5, 0.6) is 11.5 Å². The Labute approximate surface area is 116 Å². The van der Waals surface area contributed by atoms with Gasteiger partial charge in [0.05, 0.1) is 19.8 Å². The Hall–Kier alpha value is -0.930. The number of hydrogen-bond donors (Lipinski definition) is 1. The topological polar surface area (TPSA) is 44.5 Å². The van der Waals surface area contributed by atoms with Gasteiger partial charge in [0.25, 0.3) is 0 Å². The van der Waals surface area contributed by atoms with Crippen LogP contribution >= 0.6 is 12.4 Å². The van der Waals surface area contributed by atoms with Gasteiger partial charge in [-0.15, -0.1) is 12.4 Å². The first-order valence-corrected chi connectivity index (χ1v) is 5.79. The number of nitrogens with two attached hydrogens (primary N) is 1. The Morgan fingerprint density at radius 3 is 1.72 bits per heavy atom. The molecule has 1 atom stereocenters. The summed E-state index contributed by atoms with van der Waals surface area (Å²) < 4.78 is 10.8. The molecule has 0 aliphatic carbocycles. The molecule has 104 valence electrons. The van der Waals surface area contributed by atoms with Crippen LogP contribution in [0.2, 0.25) is 0 Å². The Bertz CT molecular complexity index is 374. The maximum atomic E-state index is 6.31. The smallest absolute Gasteiger partial charge is 0.127 e. The quantitative estimate of drug-likeness (QED) is 0.917. The van der Waals surface area contributed by atoms with Crippen molar-refractivity contribution in [2.75, 3.05) is 14.2 Å². The van der Waals surface area contributed by atoms with Crippen LogP contribution in [0.25, 0.3) is 0 Å². The summed E-state index contributed by atoms with van der Waals surface area (Å²) >= 11 is 0. The molecule has 0 spiro atoms. The average Bonchev–Trinajstić information content (AvgIpc) is 2.25. The molecule has 0 unspecified atom stereocenters. The van der Waals surface area contributed by atoms with E-state index in [0.717, 1.165) is 22.6 Å². The number of methoxy groups -OCH3 is 2. The van der Waals surface area contributed by atoms with Gasteiger partial charge in [0.15, 0.2) is 0 Å². The zero-order chi connectivity index (χ0) is 13.2. The first-order chi connectivity index (χ1) is 7.81. The van der Waals surface area contributed by atoms with Crippen molar-refractivity contribution in [3.05, 3.63) is 23.3 Å². The van der Waals surface area contributed by atoms with Crippen LogP contribution in [0, 0.1) is 12.3 Å². The maximum Gasteiger partial charge on any atom is 0.127 e. The fourth-order valence-electron chi connectivity index (χ4n) is 1.81. The lowest BCUT2D eigenvalue weighted by Gasteiger charge is -2.30. The van der Waals surface area contributed by atoms with Crippen LogP contribution in [0.4, 0.5) is 0 Å². The Kier molecular flexibility index (Phi) is 5.97. The highest BCUT2D eigenvalue weighted by atomic mass is 35.5. The molecule has 2 N–H and O–H groups in total. The fourth-order valence-corrected chi connectivity index (χ4v) is 1.81. The number of hydrogen-bond acceptors (Lipinski definition) is 3. The largest absolute Gasteiger partial charge is 0.496 e. The third-order valence-corrected chi connectivity index (χ3v) is 2.93. The highest BCUT2D eigenvalue weighted by Crippen LogP contribution is 2.41. The predicted molar refractivity (Wildman–Crippen MR) is 77.9 cm³/mol. The fraction of sp³-hybridized carbons (Fsp3) is 0.571. The van der Waals surface area contributed by atoms with E-state index in [2.05, 4.69) is 20.8 Å². The number of halogens is 1. The van der Waals surface area contributed by atoms with Crippen molar-refractivity contribution in [2.45, 2.75) is 33.7 Å². The number of rotatable bonds is 3. The van der Waals surface area contributed by atoms with E-state index in [1.54, 1.807) is 14.2 Å². The third kappa shape index (κ3) is 3.53. The maximum absolute atomic E-state index is 6.31.